The molecule has 0 saturated carbocycles. The number of pyridine rings is 1. The lowest BCUT2D eigenvalue weighted by Crippen LogP contribution is -2.22. The van der Waals surface area contributed by atoms with Crippen molar-refractivity contribution >= 4 is 32.4 Å². The number of aliphatic hydroxyl groups is 1. The van der Waals surface area contributed by atoms with Gasteiger partial charge in [0, 0.05) is 36.3 Å². The number of anilines is 2. The monoisotopic (exact) mass is 483 g/mol. The highest BCUT2D eigenvalue weighted by Gasteiger charge is 2.23. The molecule has 2 aromatic heterocycles. The predicted molar refractivity (Wildman–Crippen MR) is 123 cm³/mol. The minimum atomic E-state index is -4.30. The van der Waals surface area contributed by atoms with E-state index in [1.54, 1.807) is 12.3 Å². The molecule has 2 aromatic carbocycles. The first kappa shape index (κ1) is 22.1. The quantitative estimate of drug-likeness (QED) is 0.448. The number of aromatic nitrogens is 3. The molecule has 0 spiro atoms. The molecule has 2 N–H and O–H groups in total. The number of fused-ring (bicyclic) bond motifs is 1. The summed E-state index contributed by atoms with van der Waals surface area (Å²) in [4.78, 5) is 14.2. The third kappa shape index (κ3) is 4.27. The Morgan fingerprint density at radius 1 is 1.03 bits per heavy atom. The van der Waals surface area contributed by atoms with Gasteiger partial charge < -0.3 is 10.0 Å². The highest BCUT2D eigenvalue weighted by atomic mass is 32.2. The van der Waals surface area contributed by atoms with E-state index in [4.69, 9.17) is 0 Å². The predicted octanol–water partition coefficient (Wildman–Crippen LogP) is 3.34. The summed E-state index contributed by atoms with van der Waals surface area (Å²) in [6.07, 6.45) is 4.59. The van der Waals surface area contributed by atoms with Gasteiger partial charge in [-0.1, -0.05) is 6.07 Å². The van der Waals surface area contributed by atoms with Crippen LogP contribution in [0.25, 0.3) is 22.0 Å². The van der Waals surface area contributed by atoms with Crippen LogP contribution >= 0.6 is 0 Å². The summed E-state index contributed by atoms with van der Waals surface area (Å²) in [5.41, 5.74) is 2.20. The van der Waals surface area contributed by atoms with E-state index in [-0.39, 0.29) is 5.69 Å². The molecular formula is C23H19F2N5O3S. The molecule has 1 aliphatic rings. The number of nitrogens with zero attached hydrogens (tertiary/aromatic N) is 4. The molecule has 1 fully saturated rings. The van der Waals surface area contributed by atoms with Crippen molar-refractivity contribution in [2.45, 2.75) is 17.4 Å². The summed E-state index contributed by atoms with van der Waals surface area (Å²) in [5.74, 6) is -1.35. The molecule has 34 heavy (non-hydrogen) atoms. The highest BCUT2D eigenvalue weighted by molar-refractivity contribution is 7.92. The Kier molecular flexibility index (Phi) is 5.58. The maximum Gasteiger partial charge on any atom is 0.264 e. The van der Waals surface area contributed by atoms with E-state index in [0.29, 0.717) is 37.0 Å². The SMILES string of the molecule is O=S(=O)(Nc1cncc(-c2ccc3ncnc(N4CCC(O)C4)c3c2)c1)c1ccc(F)cc1F. The third-order valence-corrected chi connectivity index (χ3v) is 7.00. The number of rotatable bonds is 5. The number of aliphatic hydroxyl groups excluding tert-OH is 1. The number of hydrogen-bond donors (Lipinski definition) is 2. The number of halogens is 2. The molecule has 0 radical (unpaired) electrons. The minimum Gasteiger partial charge on any atom is -0.391 e. The van der Waals surface area contributed by atoms with Crippen LogP contribution in [-0.4, -0.2) is 47.7 Å². The van der Waals surface area contributed by atoms with Gasteiger partial charge in [-0.15, -0.1) is 0 Å². The van der Waals surface area contributed by atoms with Crippen LogP contribution in [0, 0.1) is 11.6 Å². The molecule has 0 aliphatic carbocycles. The number of nitrogens with one attached hydrogen (secondary N) is 1. The van der Waals surface area contributed by atoms with E-state index < -0.39 is 32.7 Å². The zero-order valence-corrected chi connectivity index (χ0v) is 18.5. The number of benzene rings is 2. The van der Waals surface area contributed by atoms with Crippen molar-refractivity contribution in [1.82, 2.24) is 15.0 Å². The Balaban J connectivity index is 1.49. The van der Waals surface area contributed by atoms with Gasteiger partial charge in [0.05, 0.1) is 23.5 Å². The number of sulfonamides is 1. The van der Waals surface area contributed by atoms with Crippen molar-refractivity contribution < 1.29 is 22.3 Å². The van der Waals surface area contributed by atoms with Crippen molar-refractivity contribution in [3.05, 3.63) is 72.8 Å². The lowest BCUT2D eigenvalue weighted by molar-refractivity contribution is 0.198. The number of hydrogen-bond acceptors (Lipinski definition) is 7. The zero-order valence-electron chi connectivity index (χ0n) is 17.7. The molecule has 4 aromatic rings. The molecule has 8 nitrogen and oxygen atoms in total. The normalized spacial score (nSPS) is 16.2. The second-order valence-electron chi connectivity index (χ2n) is 7.96. The first-order valence-electron chi connectivity index (χ1n) is 10.4. The average Bonchev–Trinajstić information content (AvgIpc) is 3.24. The Hall–Kier alpha value is -3.70. The first-order valence-corrected chi connectivity index (χ1v) is 11.9. The lowest BCUT2D eigenvalue weighted by Gasteiger charge is -2.18. The van der Waals surface area contributed by atoms with Crippen molar-refractivity contribution in [1.29, 1.82) is 0 Å². The summed E-state index contributed by atoms with van der Waals surface area (Å²) in [6.45, 7) is 1.16. The maximum atomic E-state index is 14.0. The topological polar surface area (TPSA) is 108 Å². The molecule has 1 unspecified atom stereocenters. The van der Waals surface area contributed by atoms with Gasteiger partial charge in [0.1, 0.15) is 28.7 Å². The van der Waals surface area contributed by atoms with Gasteiger partial charge in [-0.3, -0.25) is 9.71 Å². The Bertz CT molecular complexity index is 1500. The molecule has 1 aliphatic heterocycles. The fourth-order valence-electron chi connectivity index (χ4n) is 3.97. The van der Waals surface area contributed by atoms with Crippen molar-refractivity contribution in [3.63, 3.8) is 0 Å². The van der Waals surface area contributed by atoms with E-state index in [1.165, 1.54) is 12.5 Å². The van der Waals surface area contributed by atoms with Crippen molar-refractivity contribution in [2.24, 2.45) is 0 Å². The van der Waals surface area contributed by atoms with E-state index in [0.717, 1.165) is 28.6 Å². The summed E-state index contributed by atoms with van der Waals surface area (Å²) < 4.78 is 54.7. The van der Waals surface area contributed by atoms with Crippen LogP contribution in [0.5, 0.6) is 0 Å². The smallest absolute Gasteiger partial charge is 0.264 e. The summed E-state index contributed by atoms with van der Waals surface area (Å²) >= 11 is 0. The molecule has 3 heterocycles. The third-order valence-electron chi connectivity index (χ3n) is 5.58. The van der Waals surface area contributed by atoms with E-state index in [2.05, 4.69) is 19.7 Å². The molecular weight excluding hydrogens is 464 g/mol. The first-order chi connectivity index (χ1) is 16.3. The van der Waals surface area contributed by atoms with Gasteiger partial charge in [-0.2, -0.15) is 0 Å². The van der Waals surface area contributed by atoms with Gasteiger partial charge in [-0.25, -0.2) is 27.2 Å². The molecule has 1 atom stereocenters. The van der Waals surface area contributed by atoms with E-state index in [1.807, 2.05) is 23.1 Å². The molecule has 174 valence electrons. The zero-order chi connectivity index (χ0) is 23.9. The molecule has 0 amide bonds. The van der Waals surface area contributed by atoms with Crippen molar-refractivity contribution in [3.8, 4) is 11.1 Å². The van der Waals surface area contributed by atoms with Crippen molar-refractivity contribution in [2.75, 3.05) is 22.7 Å². The molecule has 0 bridgehead atoms. The summed E-state index contributed by atoms with van der Waals surface area (Å²) in [7, 11) is -4.30. The molecule has 5 rings (SSSR count). The largest absolute Gasteiger partial charge is 0.391 e. The Morgan fingerprint density at radius 3 is 2.65 bits per heavy atom. The van der Waals surface area contributed by atoms with Gasteiger partial charge in [-0.05, 0) is 42.3 Å². The van der Waals surface area contributed by atoms with Gasteiger partial charge in [0.2, 0.25) is 0 Å². The fraction of sp³-hybridized carbons (Fsp3) is 0.174. The van der Waals surface area contributed by atoms with Crippen LogP contribution in [0.2, 0.25) is 0 Å². The average molecular weight is 484 g/mol. The van der Waals surface area contributed by atoms with Crippen LogP contribution in [0.15, 0.2) is 66.1 Å². The highest BCUT2D eigenvalue weighted by Crippen LogP contribution is 2.31. The van der Waals surface area contributed by atoms with Crippen LogP contribution in [0.4, 0.5) is 20.3 Å². The van der Waals surface area contributed by atoms with Crippen LogP contribution in [0.1, 0.15) is 6.42 Å². The Morgan fingerprint density at radius 2 is 1.88 bits per heavy atom. The van der Waals surface area contributed by atoms with Crippen LogP contribution in [-0.2, 0) is 10.0 Å². The molecule has 11 heteroatoms. The molecule has 1 saturated heterocycles. The second kappa shape index (κ2) is 8.58. The van der Waals surface area contributed by atoms with Crippen LogP contribution in [0.3, 0.4) is 0 Å². The fourth-order valence-corrected chi connectivity index (χ4v) is 5.06. The minimum absolute atomic E-state index is 0.119. The maximum absolute atomic E-state index is 14.0. The summed E-state index contributed by atoms with van der Waals surface area (Å²) in [6, 6.07) is 9.35. The summed E-state index contributed by atoms with van der Waals surface area (Å²) in [5, 5.41) is 10.7. The van der Waals surface area contributed by atoms with Gasteiger partial charge in [0.25, 0.3) is 10.0 Å². The number of β-amino-alcohol motifs (C(OH)–C–C–N with tert-alkyl or cyclic N) is 1. The van der Waals surface area contributed by atoms with Gasteiger partial charge >= 0.3 is 0 Å². The van der Waals surface area contributed by atoms with Crippen LogP contribution < -0.4 is 9.62 Å². The standard InChI is InChI=1S/C23H19F2N5O3S/c24-16-2-4-22(20(25)9-16)34(32,33)29-17-7-15(10-26-11-17)14-1-3-21-19(8-14)23(28-13-27-21)30-6-5-18(31)12-30/h1-4,7-11,13,18,29,31H,5-6,12H2. The Labute approximate surface area is 194 Å². The van der Waals surface area contributed by atoms with E-state index >= 15 is 0 Å². The van der Waals surface area contributed by atoms with E-state index in [9.17, 15) is 22.3 Å². The van der Waals surface area contributed by atoms with Gasteiger partial charge in [0.15, 0.2) is 0 Å². The lowest BCUT2D eigenvalue weighted by atomic mass is 10.0. The second-order valence-corrected chi connectivity index (χ2v) is 9.61.